The number of aromatic hydroxyl groups is 1. The highest BCUT2D eigenvalue weighted by atomic mass is 19.1. The summed E-state index contributed by atoms with van der Waals surface area (Å²) in [4.78, 5) is 29.6. The van der Waals surface area contributed by atoms with Gasteiger partial charge in [-0.3, -0.25) is 14.5 Å². The maximum absolute atomic E-state index is 13.3. The number of nitrogens with zero attached hydrogens (tertiary/aromatic N) is 2. The van der Waals surface area contributed by atoms with Crippen molar-refractivity contribution in [2.45, 2.75) is 12.5 Å². The molecule has 0 aromatic heterocycles. The van der Waals surface area contributed by atoms with Crippen molar-refractivity contribution in [2.24, 2.45) is 0 Å². The Kier molecular flexibility index (Phi) is 6.53. The van der Waals surface area contributed by atoms with Crippen molar-refractivity contribution in [2.75, 3.05) is 39.4 Å². The van der Waals surface area contributed by atoms with Crippen LogP contribution in [0.2, 0.25) is 0 Å². The Morgan fingerprint density at radius 3 is 2.47 bits per heavy atom. The highest BCUT2D eigenvalue weighted by Crippen LogP contribution is 2.40. The quantitative estimate of drug-likeness (QED) is 0.408. The number of hydrogen-bond donors (Lipinski definition) is 2. The van der Waals surface area contributed by atoms with Crippen molar-refractivity contribution >= 4 is 17.4 Å². The van der Waals surface area contributed by atoms with E-state index in [0.717, 1.165) is 19.6 Å². The zero-order valence-corrected chi connectivity index (χ0v) is 17.5. The van der Waals surface area contributed by atoms with Crippen molar-refractivity contribution in [3.63, 3.8) is 0 Å². The van der Waals surface area contributed by atoms with E-state index in [9.17, 15) is 24.2 Å². The molecule has 2 N–H and O–H groups in total. The number of Topliss-reactive ketones (excluding diaryl/α,β-unsaturated/α-hetero) is 1. The molecule has 7 nitrogen and oxygen atoms in total. The lowest BCUT2D eigenvalue weighted by Crippen LogP contribution is -2.38. The third-order valence-corrected chi connectivity index (χ3v) is 5.82. The summed E-state index contributed by atoms with van der Waals surface area (Å²) in [5, 5.41) is 20.9. The molecule has 1 unspecified atom stereocenters. The summed E-state index contributed by atoms with van der Waals surface area (Å²) in [7, 11) is 0. The Hall–Kier alpha value is -3.23. The van der Waals surface area contributed by atoms with E-state index in [1.165, 1.54) is 41.3 Å². The number of ketones is 1. The van der Waals surface area contributed by atoms with Gasteiger partial charge in [0.25, 0.3) is 11.7 Å². The van der Waals surface area contributed by atoms with Gasteiger partial charge >= 0.3 is 0 Å². The molecule has 0 saturated carbocycles. The molecule has 2 heterocycles. The van der Waals surface area contributed by atoms with E-state index in [-0.39, 0.29) is 22.6 Å². The third kappa shape index (κ3) is 4.51. The van der Waals surface area contributed by atoms with Crippen LogP contribution in [0.1, 0.15) is 23.6 Å². The number of morpholine rings is 1. The number of hydrogen-bond acceptors (Lipinski definition) is 6. The van der Waals surface area contributed by atoms with Gasteiger partial charge in [-0.15, -0.1) is 0 Å². The highest BCUT2D eigenvalue weighted by molar-refractivity contribution is 6.46. The van der Waals surface area contributed by atoms with E-state index in [1.807, 2.05) is 0 Å². The second-order valence-electron chi connectivity index (χ2n) is 7.90. The van der Waals surface area contributed by atoms with E-state index in [0.29, 0.717) is 31.7 Å². The van der Waals surface area contributed by atoms with Gasteiger partial charge in [0.15, 0.2) is 0 Å². The molecule has 2 aliphatic rings. The van der Waals surface area contributed by atoms with Gasteiger partial charge in [0.2, 0.25) is 0 Å². The molecule has 0 spiro atoms. The van der Waals surface area contributed by atoms with Crippen molar-refractivity contribution in [3.05, 3.63) is 71.0 Å². The first-order chi connectivity index (χ1) is 15.5. The number of phenols is 1. The standard InChI is InChI=1S/C24H25FN2O5/c25-18-7-5-16(6-8-18)22(29)20-21(17-3-1-4-19(28)15-17)27(24(31)23(20)30)10-2-9-26-11-13-32-14-12-26/h1,3-8,15,21,28-29H,2,9-14H2/b22-20-. The summed E-state index contributed by atoms with van der Waals surface area (Å²) in [6.45, 7) is 4.04. The number of phenolic OH excluding ortho intramolecular Hbond substituents is 1. The van der Waals surface area contributed by atoms with E-state index in [4.69, 9.17) is 4.74 Å². The third-order valence-electron chi connectivity index (χ3n) is 5.82. The number of benzene rings is 2. The van der Waals surface area contributed by atoms with Crippen LogP contribution in [-0.2, 0) is 14.3 Å². The summed E-state index contributed by atoms with van der Waals surface area (Å²) in [5.74, 6) is -2.36. The van der Waals surface area contributed by atoms with Crippen molar-refractivity contribution in [1.82, 2.24) is 9.80 Å². The Labute approximate surface area is 185 Å². The molecular weight excluding hydrogens is 415 g/mol. The molecule has 0 aliphatic carbocycles. The SMILES string of the molecule is O=C1C(=O)N(CCCN2CCOCC2)C(c2cccc(O)c2)/C1=C(/O)c1ccc(F)cc1. The number of rotatable bonds is 6. The molecule has 8 heteroatoms. The first kappa shape index (κ1) is 22.0. The van der Waals surface area contributed by atoms with Crippen LogP contribution in [0.3, 0.4) is 0 Å². The topological polar surface area (TPSA) is 90.3 Å². The fourth-order valence-electron chi connectivity index (χ4n) is 4.20. The van der Waals surface area contributed by atoms with Crippen LogP contribution in [0, 0.1) is 5.82 Å². The molecule has 0 bridgehead atoms. The largest absolute Gasteiger partial charge is 0.508 e. The molecule has 168 valence electrons. The molecule has 2 aromatic rings. The number of likely N-dealkylation sites (tertiary alicyclic amines) is 1. The minimum atomic E-state index is -0.850. The lowest BCUT2D eigenvalue weighted by Gasteiger charge is -2.29. The summed E-state index contributed by atoms with van der Waals surface area (Å²) in [6, 6.07) is 10.5. The minimum Gasteiger partial charge on any atom is -0.508 e. The lowest BCUT2D eigenvalue weighted by atomic mass is 9.95. The number of carbonyl (C=O) groups excluding carboxylic acids is 2. The van der Waals surface area contributed by atoms with Gasteiger partial charge in [0.05, 0.1) is 24.8 Å². The fourth-order valence-corrected chi connectivity index (χ4v) is 4.20. The summed E-state index contributed by atoms with van der Waals surface area (Å²) >= 11 is 0. The van der Waals surface area contributed by atoms with E-state index in [2.05, 4.69) is 4.90 Å². The highest BCUT2D eigenvalue weighted by Gasteiger charge is 2.45. The minimum absolute atomic E-state index is 0.0109. The molecule has 4 rings (SSSR count). The smallest absolute Gasteiger partial charge is 0.295 e. The molecule has 1 amide bonds. The van der Waals surface area contributed by atoms with E-state index in [1.54, 1.807) is 12.1 Å². The van der Waals surface area contributed by atoms with Gasteiger partial charge in [-0.05, 0) is 48.4 Å². The Balaban J connectivity index is 1.67. The number of amides is 1. The Bertz CT molecular complexity index is 1030. The van der Waals surface area contributed by atoms with Crippen LogP contribution < -0.4 is 0 Å². The number of aliphatic hydroxyl groups is 1. The van der Waals surface area contributed by atoms with Gasteiger partial charge in [-0.2, -0.15) is 0 Å². The second-order valence-corrected chi connectivity index (χ2v) is 7.90. The Morgan fingerprint density at radius 2 is 1.78 bits per heavy atom. The zero-order valence-electron chi connectivity index (χ0n) is 17.5. The summed E-state index contributed by atoms with van der Waals surface area (Å²) in [5.41, 5.74) is 0.681. The first-order valence-electron chi connectivity index (χ1n) is 10.6. The average molecular weight is 440 g/mol. The van der Waals surface area contributed by atoms with Gasteiger partial charge in [-0.25, -0.2) is 4.39 Å². The molecule has 1 atom stereocenters. The molecule has 2 aliphatic heterocycles. The maximum atomic E-state index is 13.3. The predicted molar refractivity (Wildman–Crippen MR) is 115 cm³/mol. The predicted octanol–water partition coefficient (Wildman–Crippen LogP) is 2.68. The molecule has 2 saturated heterocycles. The maximum Gasteiger partial charge on any atom is 0.295 e. The van der Waals surface area contributed by atoms with Gasteiger partial charge in [0, 0.05) is 31.7 Å². The molecular formula is C24H25FN2O5. The monoisotopic (exact) mass is 440 g/mol. The fraction of sp³-hybridized carbons (Fsp3) is 0.333. The number of halogens is 1. The first-order valence-corrected chi connectivity index (χ1v) is 10.6. The van der Waals surface area contributed by atoms with Gasteiger partial charge < -0.3 is 19.8 Å². The van der Waals surface area contributed by atoms with Gasteiger partial charge in [0.1, 0.15) is 17.3 Å². The van der Waals surface area contributed by atoms with Crippen LogP contribution in [-0.4, -0.2) is 71.1 Å². The molecule has 2 aromatic carbocycles. The van der Waals surface area contributed by atoms with Crippen LogP contribution in [0.15, 0.2) is 54.1 Å². The van der Waals surface area contributed by atoms with E-state index < -0.39 is 23.5 Å². The number of carbonyl (C=O) groups is 2. The Morgan fingerprint density at radius 1 is 1.06 bits per heavy atom. The summed E-state index contributed by atoms with van der Waals surface area (Å²) < 4.78 is 18.7. The van der Waals surface area contributed by atoms with E-state index >= 15 is 0 Å². The van der Waals surface area contributed by atoms with Crippen molar-refractivity contribution in [3.8, 4) is 5.75 Å². The average Bonchev–Trinajstić information content (AvgIpc) is 3.05. The number of ether oxygens (including phenoxy) is 1. The van der Waals surface area contributed by atoms with Crippen LogP contribution in [0.4, 0.5) is 4.39 Å². The summed E-state index contributed by atoms with van der Waals surface area (Å²) in [6.07, 6.45) is 0.638. The number of aliphatic hydroxyl groups excluding tert-OH is 1. The van der Waals surface area contributed by atoms with Crippen LogP contribution in [0.5, 0.6) is 5.75 Å². The second kappa shape index (κ2) is 9.50. The molecule has 2 fully saturated rings. The van der Waals surface area contributed by atoms with Gasteiger partial charge in [-0.1, -0.05) is 12.1 Å². The molecule has 0 radical (unpaired) electrons. The van der Waals surface area contributed by atoms with Crippen LogP contribution >= 0.6 is 0 Å². The van der Waals surface area contributed by atoms with Crippen molar-refractivity contribution < 1.29 is 28.9 Å². The molecule has 32 heavy (non-hydrogen) atoms. The lowest BCUT2D eigenvalue weighted by molar-refractivity contribution is -0.140. The normalized spacial score (nSPS) is 21.3. The van der Waals surface area contributed by atoms with Crippen molar-refractivity contribution in [1.29, 1.82) is 0 Å². The van der Waals surface area contributed by atoms with Crippen LogP contribution in [0.25, 0.3) is 5.76 Å². The zero-order chi connectivity index (χ0) is 22.7.